The van der Waals surface area contributed by atoms with Crippen molar-refractivity contribution in [2.24, 2.45) is 11.8 Å². The summed E-state index contributed by atoms with van der Waals surface area (Å²) in [5, 5.41) is 0. The number of carbonyl (C=O) groups excluding carboxylic acids is 1. The van der Waals surface area contributed by atoms with Crippen LogP contribution in [0.1, 0.15) is 42.5 Å². The van der Waals surface area contributed by atoms with Crippen LogP contribution in [0.15, 0.2) is 54.6 Å². The van der Waals surface area contributed by atoms with Gasteiger partial charge in [-0.1, -0.05) is 61.5 Å². The molecular weight excluding hydrogens is 322 g/mol. The lowest BCUT2D eigenvalue weighted by Gasteiger charge is -2.40. The van der Waals surface area contributed by atoms with E-state index >= 15 is 0 Å². The van der Waals surface area contributed by atoms with Gasteiger partial charge in [-0.15, -0.1) is 0 Å². The van der Waals surface area contributed by atoms with Crippen LogP contribution in [-0.2, 0) is 22.5 Å². The second-order valence-corrected chi connectivity index (χ2v) is 7.60. The molecule has 3 heteroatoms. The van der Waals surface area contributed by atoms with Crippen LogP contribution in [0.4, 0.5) is 0 Å². The first kappa shape index (κ1) is 17.3. The molecule has 0 radical (unpaired) electrons. The number of rotatable bonds is 3. The first-order chi connectivity index (χ1) is 12.7. The second-order valence-electron chi connectivity index (χ2n) is 7.60. The molecule has 2 heterocycles. The van der Waals surface area contributed by atoms with Crippen LogP contribution >= 0.6 is 0 Å². The quantitative estimate of drug-likeness (QED) is 0.823. The zero-order valence-electron chi connectivity index (χ0n) is 15.4. The molecule has 4 rings (SSSR count). The lowest BCUT2D eigenvalue weighted by Crippen LogP contribution is -2.43. The van der Waals surface area contributed by atoms with Crippen LogP contribution in [0, 0.1) is 11.8 Å². The molecule has 0 spiro atoms. The third kappa shape index (κ3) is 3.41. The molecule has 1 amide bonds. The number of hydrogen-bond donors (Lipinski definition) is 0. The fourth-order valence-electron chi connectivity index (χ4n) is 4.41. The van der Waals surface area contributed by atoms with E-state index in [1.165, 1.54) is 16.7 Å². The van der Waals surface area contributed by atoms with Crippen LogP contribution in [0.5, 0.6) is 0 Å². The van der Waals surface area contributed by atoms with Crippen molar-refractivity contribution < 1.29 is 9.53 Å². The summed E-state index contributed by atoms with van der Waals surface area (Å²) in [7, 11) is 0. The van der Waals surface area contributed by atoms with Crippen LogP contribution in [0.3, 0.4) is 0 Å². The number of fused-ring (bicyclic) bond motifs is 1. The number of hydrogen-bond acceptors (Lipinski definition) is 2. The van der Waals surface area contributed by atoms with E-state index in [0.29, 0.717) is 18.4 Å². The predicted octanol–water partition coefficient (Wildman–Crippen LogP) is 4.38. The van der Waals surface area contributed by atoms with Gasteiger partial charge in [0.2, 0.25) is 5.91 Å². The Kier molecular flexibility index (Phi) is 5.07. The molecule has 3 nitrogen and oxygen atoms in total. The monoisotopic (exact) mass is 349 g/mol. The van der Waals surface area contributed by atoms with E-state index < -0.39 is 0 Å². The molecule has 0 aromatic heterocycles. The summed E-state index contributed by atoms with van der Waals surface area (Å²) < 4.78 is 5.49. The highest BCUT2D eigenvalue weighted by atomic mass is 16.5. The van der Waals surface area contributed by atoms with Gasteiger partial charge in [-0.05, 0) is 41.9 Å². The van der Waals surface area contributed by atoms with Gasteiger partial charge in [0.15, 0.2) is 0 Å². The summed E-state index contributed by atoms with van der Waals surface area (Å²) in [4.78, 5) is 15.6. The normalized spacial score (nSPS) is 21.9. The molecule has 26 heavy (non-hydrogen) atoms. The lowest BCUT2D eigenvalue weighted by molar-refractivity contribution is -0.141. The minimum absolute atomic E-state index is 0.0513. The van der Waals surface area contributed by atoms with E-state index in [1.54, 1.807) is 0 Å². The molecular formula is C23H27NO2. The van der Waals surface area contributed by atoms with Crippen LogP contribution in [0.2, 0.25) is 0 Å². The molecule has 2 atom stereocenters. The maximum atomic E-state index is 13.5. The van der Waals surface area contributed by atoms with Crippen molar-refractivity contribution >= 4 is 5.91 Å². The lowest BCUT2D eigenvalue weighted by atomic mass is 9.84. The summed E-state index contributed by atoms with van der Waals surface area (Å²) in [5.74, 6) is 0.778. The standard InChI is InChI=1S/C23H27NO2/c1-17(18-11-13-26-14-12-18)23(25)24-16-21-10-6-5-9-20(21)15-22(24)19-7-3-2-4-8-19/h2-10,17-18,22H,11-16H2,1H3. The number of ether oxygens (including phenoxy) is 1. The minimum atomic E-state index is 0.0513. The van der Waals surface area contributed by atoms with Crippen molar-refractivity contribution in [3.8, 4) is 0 Å². The Morgan fingerprint density at radius 1 is 1.00 bits per heavy atom. The van der Waals surface area contributed by atoms with Crippen molar-refractivity contribution in [2.75, 3.05) is 13.2 Å². The van der Waals surface area contributed by atoms with Gasteiger partial charge in [-0.3, -0.25) is 4.79 Å². The van der Waals surface area contributed by atoms with E-state index in [0.717, 1.165) is 32.5 Å². The van der Waals surface area contributed by atoms with Gasteiger partial charge in [0.25, 0.3) is 0 Å². The van der Waals surface area contributed by atoms with Gasteiger partial charge in [0.1, 0.15) is 0 Å². The van der Waals surface area contributed by atoms with Gasteiger partial charge >= 0.3 is 0 Å². The zero-order chi connectivity index (χ0) is 17.9. The number of carbonyl (C=O) groups is 1. The topological polar surface area (TPSA) is 29.5 Å². The maximum absolute atomic E-state index is 13.5. The first-order valence-corrected chi connectivity index (χ1v) is 9.74. The Morgan fingerprint density at radius 2 is 1.65 bits per heavy atom. The molecule has 2 unspecified atom stereocenters. The highest BCUT2D eigenvalue weighted by Gasteiger charge is 2.35. The molecule has 1 fully saturated rings. The van der Waals surface area contributed by atoms with Crippen LogP contribution < -0.4 is 0 Å². The Balaban J connectivity index is 1.63. The molecule has 136 valence electrons. The molecule has 0 N–H and O–H groups in total. The van der Waals surface area contributed by atoms with Crippen LogP contribution in [0.25, 0.3) is 0 Å². The van der Waals surface area contributed by atoms with Gasteiger partial charge < -0.3 is 9.64 Å². The van der Waals surface area contributed by atoms with Crippen molar-refractivity contribution in [3.63, 3.8) is 0 Å². The van der Waals surface area contributed by atoms with Gasteiger partial charge in [0.05, 0.1) is 6.04 Å². The minimum Gasteiger partial charge on any atom is -0.381 e. The second kappa shape index (κ2) is 7.63. The third-order valence-electron chi connectivity index (χ3n) is 6.08. The van der Waals surface area contributed by atoms with Crippen molar-refractivity contribution in [1.29, 1.82) is 0 Å². The Hall–Kier alpha value is -2.13. The fourth-order valence-corrected chi connectivity index (χ4v) is 4.41. The molecule has 2 aliphatic rings. The molecule has 2 aliphatic heterocycles. The van der Waals surface area contributed by atoms with Crippen molar-refractivity contribution in [1.82, 2.24) is 4.90 Å². The average Bonchev–Trinajstić information content (AvgIpc) is 2.73. The van der Waals surface area contributed by atoms with Gasteiger partial charge in [0, 0.05) is 25.7 Å². The summed E-state index contributed by atoms with van der Waals surface area (Å²) in [6.45, 7) is 4.39. The Labute approximate surface area is 156 Å². The van der Waals surface area contributed by atoms with Crippen molar-refractivity contribution in [2.45, 2.75) is 38.8 Å². The predicted molar refractivity (Wildman–Crippen MR) is 103 cm³/mol. The Bertz CT molecular complexity index is 752. The largest absolute Gasteiger partial charge is 0.381 e. The van der Waals surface area contributed by atoms with E-state index in [4.69, 9.17) is 4.74 Å². The Morgan fingerprint density at radius 3 is 2.38 bits per heavy atom. The van der Waals surface area contributed by atoms with Gasteiger partial charge in [-0.2, -0.15) is 0 Å². The van der Waals surface area contributed by atoms with E-state index in [2.05, 4.69) is 60.4 Å². The third-order valence-corrected chi connectivity index (χ3v) is 6.08. The van der Waals surface area contributed by atoms with E-state index in [9.17, 15) is 4.79 Å². The summed E-state index contributed by atoms with van der Waals surface area (Å²) in [5.41, 5.74) is 3.88. The van der Waals surface area contributed by atoms with E-state index in [-0.39, 0.29) is 12.0 Å². The molecule has 2 aromatic rings. The highest BCUT2D eigenvalue weighted by Crippen LogP contribution is 2.36. The maximum Gasteiger partial charge on any atom is 0.226 e. The molecule has 0 bridgehead atoms. The summed E-state index contributed by atoms with van der Waals surface area (Å²) in [6, 6.07) is 19.1. The van der Waals surface area contributed by atoms with Crippen molar-refractivity contribution in [3.05, 3.63) is 71.3 Å². The molecule has 2 aromatic carbocycles. The number of benzene rings is 2. The average molecular weight is 349 g/mol. The fraction of sp³-hybridized carbons (Fsp3) is 0.435. The molecule has 0 saturated carbocycles. The molecule has 0 aliphatic carbocycles. The highest BCUT2D eigenvalue weighted by molar-refractivity contribution is 5.79. The SMILES string of the molecule is CC(C(=O)N1Cc2ccccc2CC1c1ccccc1)C1CCOCC1. The summed E-state index contributed by atoms with van der Waals surface area (Å²) >= 11 is 0. The first-order valence-electron chi connectivity index (χ1n) is 9.74. The zero-order valence-corrected chi connectivity index (χ0v) is 15.4. The smallest absolute Gasteiger partial charge is 0.226 e. The summed E-state index contributed by atoms with van der Waals surface area (Å²) in [6.07, 6.45) is 2.88. The van der Waals surface area contributed by atoms with E-state index in [1.807, 2.05) is 6.07 Å². The number of nitrogens with zero attached hydrogens (tertiary/aromatic N) is 1. The number of amides is 1. The molecule has 1 saturated heterocycles. The van der Waals surface area contributed by atoms with Gasteiger partial charge in [-0.25, -0.2) is 0 Å². The van der Waals surface area contributed by atoms with Crippen LogP contribution in [-0.4, -0.2) is 24.0 Å².